The second-order valence-electron chi connectivity index (χ2n) is 16.5. The van der Waals surface area contributed by atoms with E-state index < -0.39 is 152 Å². The van der Waals surface area contributed by atoms with Crippen LogP contribution in [0.1, 0.15) is 104 Å². The number of carbonyl (C=O) groups excluding carboxylic acids is 8. The van der Waals surface area contributed by atoms with E-state index in [9.17, 15) is 72.9 Å². The standard InChI is InChI=1S/C40H67N11O16/c1-20(2)16-25(36(62)50-27(40(66)67)19-32(57)58)48-35(61)23(11-12-30(53)54)45-37(63)26(18-31(55)56)49-34(60)22(8-3-5-13-41)46-38(64)28-10-7-15-51(28)39(65)24(9-4-6-14-42)47-33(59)21(43)17-29(44)52/h20-28H,3-19,41-43H2,1-2H3,(H2,44,52)(H,45,63)(H,46,64)(H,47,59)(H,48,61)(H,49,60)(H,50,62)(H,53,54)(H,55,56)(H,57,58)(H,66,67). The molecule has 27 nitrogen and oxygen atoms in total. The van der Waals surface area contributed by atoms with Crippen LogP contribution in [0.4, 0.5) is 0 Å². The maximum Gasteiger partial charge on any atom is 0.326 e. The van der Waals surface area contributed by atoms with Gasteiger partial charge in [-0.2, -0.15) is 0 Å². The summed E-state index contributed by atoms with van der Waals surface area (Å²) in [7, 11) is 0. The first kappa shape index (κ1) is 58.5. The topological polar surface area (TPSA) is 465 Å². The first-order valence-corrected chi connectivity index (χ1v) is 21.9. The van der Waals surface area contributed by atoms with Crippen molar-refractivity contribution in [1.29, 1.82) is 0 Å². The van der Waals surface area contributed by atoms with Gasteiger partial charge in [0, 0.05) is 13.0 Å². The van der Waals surface area contributed by atoms with Crippen LogP contribution in [0.5, 0.6) is 0 Å². The zero-order valence-electron chi connectivity index (χ0n) is 37.7. The minimum absolute atomic E-state index is 0.0749. The highest BCUT2D eigenvalue weighted by Gasteiger charge is 2.40. The second kappa shape index (κ2) is 29.9. The zero-order valence-corrected chi connectivity index (χ0v) is 37.7. The van der Waals surface area contributed by atoms with Crippen LogP contribution in [0, 0.1) is 5.92 Å². The summed E-state index contributed by atoms with van der Waals surface area (Å²) >= 11 is 0. The van der Waals surface area contributed by atoms with Crippen molar-refractivity contribution in [3.63, 3.8) is 0 Å². The summed E-state index contributed by atoms with van der Waals surface area (Å²) in [6.45, 7) is 3.80. The van der Waals surface area contributed by atoms with Crippen LogP contribution in [-0.4, -0.2) is 164 Å². The van der Waals surface area contributed by atoms with Gasteiger partial charge in [0.25, 0.3) is 0 Å². The van der Waals surface area contributed by atoms with Gasteiger partial charge in [0.2, 0.25) is 47.3 Å². The molecular formula is C40H67N11O16. The molecule has 27 heteroatoms. The molecule has 8 unspecified atom stereocenters. The molecule has 1 fully saturated rings. The number of rotatable bonds is 33. The predicted molar refractivity (Wildman–Crippen MR) is 232 cm³/mol. The summed E-state index contributed by atoms with van der Waals surface area (Å²) in [5.74, 6) is -14.4. The van der Waals surface area contributed by atoms with Gasteiger partial charge in [0.05, 0.1) is 25.3 Å². The number of amides is 8. The minimum Gasteiger partial charge on any atom is -0.481 e. The van der Waals surface area contributed by atoms with Gasteiger partial charge in [-0.3, -0.25) is 52.7 Å². The van der Waals surface area contributed by atoms with E-state index in [1.165, 1.54) is 4.90 Å². The van der Waals surface area contributed by atoms with Crippen molar-refractivity contribution in [3.05, 3.63) is 0 Å². The molecule has 1 aliphatic rings. The highest BCUT2D eigenvalue weighted by atomic mass is 16.4. The number of carboxylic acids is 4. The fourth-order valence-electron chi connectivity index (χ4n) is 6.96. The maximum atomic E-state index is 13.9. The van der Waals surface area contributed by atoms with Crippen molar-refractivity contribution in [3.8, 4) is 0 Å². The normalized spacial score (nSPS) is 16.4. The van der Waals surface area contributed by atoms with Crippen molar-refractivity contribution in [2.24, 2.45) is 28.9 Å². The van der Waals surface area contributed by atoms with Crippen molar-refractivity contribution in [2.75, 3.05) is 19.6 Å². The molecule has 8 amide bonds. The Bertz CT molecular complexity index is 1780. The van der Waals surface area contributed by atoms with Gasteiger partial charge in [-0.1, -0.05) is 13.8 Å². The second-order valence-corrected chi connectivity index (χ2v) is 16.5. The van der Waals surface area contributed by atoms with Crippen LogP contribution >= 0.6 is 0 Å². The Balaban J connectivity index is 3.42. The summed E-state index contributed by atoms with van der Waals surface area (Å²) in [6, 6.07) is -12.3. The Morgan fingerprint density at radius 3 is 1.54 bits per heavy atom. The van der Waals surface area contributed by atoms with E-state index in [4.69, 9.17) is 28.0 Å². The van der Waals surface area contributed by atoms with Gasteiger partial charge >= 0.3 is 23.9 Å². The summed E-state index contributed by atoms with van der Waals surface area (Å²) in [5.41, 5.74) is 22.2. The number of unbranched alkanes of at least 4 members (excludes halogenated alkanes) is 2. The van der Waals surface area contributed by atoms with Crippen LogP contribution in [0.2, 0.25) is 0 Å². The number of carbonyl (C=O) groups is 12. The molecule has 0 bridgehead atoms. The highest BCUT2D eigenvalue weighted by molar-refractivity contribution is 5.99. The molecule has 67 heavy (non-hydrogen) atoms. The van der Waals surface area contributed by atoms with Gasteiger partial charge in [-0.15, -0.1) is 0 Å². The van der Waals surface area contributed by atoms with Gasteiger partial charge < -0.3 is 80.2 Å². The number of nitrogens with zero attached hydrogens (tertiary/aromatic N) is 1. The third-order valence-corrected chi connectivity index (χ3v) is 10.4. The quantitative estimate of drug-likeness (QED) is 0.0275. The van der Waals surface area contributed by atoms with Gasteiger partial charge in [-0.05, 0) is 83.2 Å². The number of carboxylic acid groups (broad SMARTS) is 4. The van der Waals surface area contributed by atoms with E-state index in [0.29, 0.717) is 25.7 Å². The average Bonchev–Trinajstić information content (AvgIpc) is 3.73. The van der Waals surface area contributed by atoms with E-state index in [-0.39, 0.29) is 57.7 Å². The Labute approximate surface area is 385 Å². The molecule has 1 saturated heterocycles. The number of aliphatic carboxylic acids is 4. The Morgan fingerprint density at radius 1 is 0.567 bits per heavy atom. The van der Waals surface area contributed by atoms with Gasteiger partial charge in [-0.25, -0.2) is 4.79 Å². The molecule has 8 atom stereocenters. The first-order valence-electron chi connectivity index (χ1n) is 21.9. The Kier molecular flexibility index (Phi) is 26.2. The summed E-state index contributed by atoms with van der Waals surface area (Å²) in [4.78, 5) is 154. The van der Waals surface area contributed by atoms with E-state index >= 15 is 0 Å². The smallest absolute Gasteiger partial charge is 0.326 e. The zero-order chi connectivity index (χ0) is 51.0. The van der Waals surface area contributed by atoms with Crippen molar-refractivity contribution < 1.29 is 78.0 Å². The monoisotopic (exact) mass is 957 g/mol. The lowest BCUT2D eigenvalue weighted by molar-refractivity contribution is -0.147. The molecule has 18 N–H and O–H groups in total. The molecule has 0 aromatic carbocycles. The Hall–Kier alpha value is -6.48. The third kappa shape index (κ3) is 22.0. The molecule has 1 aliphatic heterocycles. The first-order chi connectivity index (χ1) is 31.4. The van der Waals surface area contributed by atoms with Crippen LogP contribution in [0.15, 0.2) is 0 Å². The van der Waals surface area contributed by atoms with E-state index in [2.05, 4.69) is 26.6 Å². The lowest BCUT2D eigenvalue weighted by Gasteiger charge is -2.30. The number of likely N-dealkylation sites (tertiary alicyclic amines) is 1. The largest absolute Gasteiger partial charge is 0.481 e. The van der Waals surface area contributed by atoms with Crippen molar-refractivity contribution in [2.45, 2.75) is 152 Å². The third-order valence-electron chi connectivity index (χ3n) is 10.4. The van der Waals surface area contributed by atoms with Gasteiger partial charge in [0.15, 0.2) is 0 Å². The molecule has 0 aromatic rings. The van der Waals surface area contributed by atoms with Crippen LogP contribution < -0.4 is 54.8 Å². The molecule has 0 spiro atoms. The number of hydrogen-bond donors (Lipinski definition) is 14. The maximum absolute atomic E-state index is 13.9. The molecule has 1 heterocycles. The molecule has 0 radical (unpaired) electrons. The van der Waals surface area contributed by atoms with E-state index in [1.807, 2.05) is 5.32 Å². The molecule has 378 valence electrons. The molecule has 0 aliphatic carbocycles. The number of primary amides is 1. The van der Waals surface area contributed by atoms with Crippen molar-refractivity contribution >= 4 is 71.1 Å². The molecule has 0 aromatic heterocycles. The highest BCUT2D eigenvalue weighted by Crippen LogP contribution is 2.21. The van der Waals surface area contributed by atoms with Gasteiger partial charge in [0.1, 0.15) is 42.3 Å². The molecule has 0 saturated carbocycles. The summed E-state index contributed by atoms with van der Waals surface area (Å²) in [6.07, 6.45) is -2.14. The fraction of sp³-hybridized carbons (Fsp3) is 0.700. The van der Waals surface area contributed by atoms with Crippen LogP contribution in [0.25, 0.3) is 0 Å². The number of nitrogens with one attached hydrogen (secondary N) is 6. The lowest BCUT2D eigenvalue weighted by atomic mass is 10.0. The van der Waals surface area contributed by atoms with Crippen LogP contribution in [0.3, 0.4) is 0 Å². The molecule has 1 rings (SSSR count). The van der Waals surface area contributed by atoms with Crippen molar-refractivity contribution in [1.82, 2.24) is 36.8 Å². The number of nitrogens with two attached hydrogens (primary N) is 4. The number of hydrogen-bond acceptors (Lipinski definition) is 15. The predicted octanol–water partition coefficient (Wildman–Crippen LogP) is -4.71. The van der Waals surface area contributed by atoms with E-state index in [0.717, 1.165) is 0 Å². The van der Waals surface area contributed by atoms with E-state index in [1.54, 1.807) is 13.8 Å². The summed E-state index contributed by atoms with van der Waals surface area (Å²) < 4.78 is 0. The summed E-state index contributed by atoms with van der Waals surface area (Å²) in [5, 5.41) is 51.5. The Morgan fingerprint density at radius 2 is 1.03 bits per heavy atom. The minimum atomic E-state index is -1.95. The molecular weight excluding hydrogens is 891 g/mol. The SMILES string of the molecule is CC(C)CC(NC(=O)C(CCC(=O)O)NC(=O)C(CC(=O)O)NC(=O)C(CCCCN)NC(=O)C1CCCN1C(=O)C(CCCCN)NC(=O)C(N)CC(N)=O)C(=O)NC(CC(=O)O)C(=O)O. The lowest BCUT2D eigenvalue weighted by Crippen LogP contribution is -2.60. The average molecular weight is 958 g/mol. The fourth-order valence-corrected chi connectivity index (χ4v) is 6.96. The van der Waals surface area contributed by atoms with Crippen LogP contribution in [-0.2, 0) is 57.5 Å².